The monoisotopic (exact) mass is 519 g/mol. The van der Waals surface area contributed by atoms with E-state index in [0.717, 1.165) is 42.3 Å². The van der Waals surface area contributed by atoms with Gasteiger partial charge in [0.1, 0.15) is 0 Å². The molecule has 3 N–H and O–H groups in total. The van der Waals surface area contributed by atoms with Crippen LogP contribution in [0.1, 0.15) is 5.56 Å². The molecule has 0 radical (unpaired) electrons. The summed E-state index contributed by atoms with van der Waals surface area (Å²) in [6.07, 6.45) is 0. The molecule has 0 aliphatic carbocycles. The Labute approximate surface area is 217 Å². The van der Waals surface area contributed by atoms with Gasteiger partial charge >= 0.3 is 0 Å². The van der Waals surface area contributed by atoms with Crippen LogP contribution in [0.5, 0.6) is 23.0 Å². The first-order valence-corrected chi connectivity index (χ1v) is 12.8. The van der Waals surface area contributed by atoms with E-state index in [2.05, 4.69) is 22.2 Å². The van der Waals surface area contributed by atoms with Gasteiger partial charge in [-0.3, -0.25) is 0 Å². The highest BCUT2D eigenvalue weighted by Gasteiger charge is 2.12. The number of nitrogens with zero attached hydrogens (tertiary/aromatic N) is 1. The molecule has 5 aromatic rings. The minimum absolute atomic E-state index is 0.157. The topological polar surface area (TPSA) is 84.9 Å². The highest BCUT2D eigenvalue weighted by molar-refractivity contribution is 8.00. The van der Waals surface area contributed by atoms with Crippen LogP contribution in [0.4, 0.5) is 10.8 Å². The lowest BCUT2D eigenvalue weighted by atomic mass is 10.1. The van der Waals surface area contributed by atoms with Gasteiger partial charge in [-0.05, 0) is 65.9 Å². The molecule has 7 nitrogen and oxygen atoms in total. The quantitative estimate of drug-likeness (QED) is 0.181. The average Bonchev–Trinajstić information content (AvgIpc) is 3.34. The van der Waals surface area contributed by atoms with Crippen LogP contribution in [0.25, 0.3) is 21.0 Å². The normalized spacial score (nSPS) is 11.0. The zero-order valence-corrected chi connectivity index (χ0v) is 21.6. The molecule has 0 amide bonds. The van der Waals surface area contributed by atoms with Crippen LogP contribution in [0, 0.1) is 0 Å². The standard InChI is InChI=1S/C27H25N3O4S2/c1-32-21-6-4-5-17(26(21)31)15-28-18-8-10-19(11-9-18)36-30-27-29-25-20-14-23(34-3)22(33-2)13-16(20)7-12-24(25)35-27/h4-14,28,31H,15H2,1-3H3,(H,29,30). The average molecular weight is 520 g/mol. The lowest BCUT2D eigenvalue weighted by Crippen LogP contribution is -2.00. The first kappa shape index (κ1) is 23.9. The van der Waals surface area contributed by atoms with Gasteiger partial charge in [0.25, 0.3) is 0 Å². The molecule has 5 rings (SSSR count). The largest absolute Gasteiger partial charge is 0.504 e. The van der Waals surface area contributed by atoms with Crippen molar-refractivity contribution in [2.45, 2.75) is 11.4 Å². The number of aromatic hydroxyl groups is 1. The van der Waals surface area contributed by atoms with Crippen molar-refractivity contribution in [2.24, 2.45) is 0 Å². The number of thiazole rings is 1. The third-order valence-corrected chi connectivity index (χ3v) is 7.64. The van der Waals surface area contributed by atoms with E-state index in [1.807, 2.05) is 48.5 Å². The molecule has 36 heavy (non-hydrogen) atoms. The maximum absolute atomic E-state index is 10.3. The van der Waals surface area contributed by atoms with Gasteiger partial charge in [0, 0.05) is 28.1 Å². The molecule has 0 fully saturated rings. The summed E-state index contributed by atoms with van der Waals surface area (Å²) in [5.41, 5.74) is 2.66. The summed E-state index contributed by atoms with van der Waals surface area (Å²) in [6, 6.07) is 21.6. The van der Waals surface area contributed by atoms with Crippen LogP contribution in [-0.2, 0) is 6.54 Å². The summed E-state index contributed by atoms with van der Waals surface area (Å²) in [4.78, 5) is 5.89. The van der Waals surface area contributed by atoms with Crippen molar-refractivity contribution >= 4 is 55.1 Å². The Morgan fingerprint density at radius 1 is 0.889 bits per heavy atom. The van der Waals surface area contributed by atoms with Gasteiger partial charge in [-0.25, -0.2) is 4.98 Å². The van der Waals surface area contributed by atoms with Gasteiger partial charge in [-0.1, -0.05) is 29.5 Å². The zero-order valence-electron chi connectivity index (χ0n) is 20.0. The Morgan fingerprint density at radius 2 is 1.64 bits per heavy atom. The molecule has 4 aromatic carbocycles. The van der Waals surface area contributed by atoms with Crippen molar-refractivity contribution in [1.29, 1.82) is 0 Å². The van der Waals surface area contributed by atoms with E-state index >= 15 is 0 Å². The Balaban J connectivity index is 1.26. The number of nitrogens with one attached hydrogen (secondary N) is 2. The number of benzene rings is 4. The molecule has 1 aromatic heterocycles. The molecule has 0 unspecified atom stereocenters. The van der Waals surface area contributed by atoms with E-state index in [-0.39, 0.29) is 5.75 Å². The number of methoxy groups -OCH3 is 3. The number of phenols is 1. The number of para-hydroxylation sites is 1. The molecule has 0 aliphatic heterocycles. The van der Waals surface area contributed by atoms with E-state index < -0.39 is 0 Å². The number of hydrogen-bond acceptors (Lipinski definition) is 9. The van der Waals surface area contributed by atoms with Gasteiger partial charge in [-0.2, -0.15) is 0 Å². The smallest absolute Gasteiger partial charge is 0.194 e. The Bertz CT molecular complexity index is 1520. The van der Waals surface area contributed by atoms with Crippen molar-refractivity contribution in [3.63, 3.8) is 0 Å². The summed E-state index contributed by atoms with van der Waals surface area (Å²) in [5.74, 6) is 2.01. The van der Waals surface area contributed by atoms with Gasteiger partial charge in [-0.15, -0.1) is 0 Å². The number of fused-ring (bicyclic) bond motifs is 3. The molecule has 0 aliphatic rings. The van der Waals surface area contributed by atoms with Crippen LogP contribution in [0.3, 0.4) is 0 Å². The molecular formula is C27H25N3O4S2. The van der Waals surface area contributed by atoms with E-state index in [0.29, 0.717) is 23.8 Å². The molecule has 0 saturated heterocycles. The minimum atomic E-state index is 0.157. The number of rotatable bonds is 9. The van der Waals surface area contributed by atoms with Crippen molar-refractivity contribution in [3.05, 3.63) is 72.3 Å². The second-order valence-corrected chi connectivity index (χ2v) is 9.82. The molecule has 0 atom stereocenters. The maximum Gasteiger partial charge on any atom is 0.194 e. The van der Waals surface area contributed by atoms with Crippen LogP contribution < -0.4 is 24.2 Å². The summed E-state index contributed by atoms with van der Waals surface area (Å²) in [5, 5.41) is 16.5. The molecule has 0 saturated carbocycles. The molecule has 184 valence electrons. The van der Waals surface area contributed by atoms with Gasteiger partial charge in [0.15, 0.2) is 28.1 Å². The zero-order chi connectivity index (χ0) is 25.1. The fourth-order valence-corrected chi connectivity index (χ4v) is 5.45. The van der Waals surface area contributed by atoms with Gasteiger partial charge in [0.2, 0.25) is 0 Å². The fourth-order valence-electron chi connectivity index (χ4n) is 3.90. The van der Waals surface area contributed by atoms with Crippen LogP contribution in [0.15, 0.2) is 71.6 Å². The summed E-state index contributed by atoms with van der Waals surface area (Å²) >= 11 is 3.11. The second kappa shape index (κ2) is 10.4. The second-order valence-electron chi connectivity index (χ2n) is 7.91. The van der Waals surface area contributed by atoms with E-state index in [9.17, 15) is 5.11 Å². The van der Waals surface area contributed by atoms with E-state index in [1.165, 1.54) is 11.9 Å². The number of anilines is 2. The van der Waals surface area contributed by atoms with Gasteiger partial charge < -0.3 is 29.4 Å². The van der Waals surface area contributed by atoms with Gasteiger partial charge in [0.05, 0.1) is 31.5 Å². The third kappa shape index (κ3) is 4.80. The first-order valence-electron chi connectivity index (χ1n) is 11.2. The minimum Gasteiger partial charge on any atom is -0.504 e. The van der Waals surface area contributed by atoms with Crippen molar-refractivity contribution in [1.82, 2.24) is 4.98 Å². The third-order valence-electron chi connectivity index (χ3n) is 5.77. The highest BCUT2D eigenvalue weighted by atomic mass is 32.2. The lowest BCUT2D eigenvalue weighted by molar-refractivity contribution is 0.356. The first-order chi connectivity index (χ1) is 17.6. The van der Waals surface area contributed by atoms with Crippen LogP contribution in [0.2, 0.25) is 0 Å². The summed E-state index contributed by atoms with van der Waals surface area (Å²) in [6.45, 7) is 0.490. The Hall–Kier alpha value is -3.82. The highest BCUT2D eigenvalue weighted by Crippen LogP contribution is 2.38. The number of ether oxygens (including phenoxy) is 3. The van der Waals surface area contributed by atoms with E-state index in [4.69, 9.17) is 19.2 Å². The predicted octanol–water partition coefficient (Wildman–Crippen LogP) is 6.91. The molecule has 1 heterocycles. The maximum atomic E-state index is 10.3. The fraction of sp³-hybridized carbons (Fsp3) is 0.148. The van der Waals surface area contributed by atoms with Crippen molar-refractivity contribution in [3.8, 4) is 23.0 Å². The predicted molar refractivity (Wildman–Crippen MR) is 148 cm³/mol. The molecule has 0 spiro atoms. The Morgan fingerprint density at radius 3 is 2.39 bits per heavy atom. The van der Waals surface area contributed by atoms with Crippen LogP contribution in [-0.4, -0.2) is 31.4 Å². The SMILES string of the molecule is COc1cc2ccc3sc(NSc4ccc(NCc5cccc(OC)c5O)cc4)nc3c2cc1OC. The van der Waals surface area contributed by atoms with Crippen molar-refractivity contribution < 1.29 is 19.3 Å². The Kier molecular flexibility index (Phi) is 6.92. The van der Waals surface area contributed by atoms with Crippen LogP contribution >= 0.6 is 23.3 Å². The number of aromatic nitrogens is 1. The molecular weight excluding hydrogens is 494 g/mol. The molecule has 0 bridgehead atoms. The lowest BCUT2D eigenvalue weighted by Gasteiger charge is -2.11. The van der Waals surface area contributed by atoms with Crippen molar-refractivity contribution in [2.75, 3.05) is 31.4 Å². The summed E-state index contributed by atoms with van der Waals surface area (Å²) in [7, 11) is 4.82. The molecule has 9 heteroatoms. The number of hydrogen-bond donors (Lipinski definition) is 3. The summed E-state index contributed by atoms with van der Waals surface area (Å²) < 4.78 is 20.5. The van der Waals surface area contributed by atoms with E-state index in [1.54, 1.807) is 38.7 Å². The number of phenolic OH excluding ortho intramolecular Hbond substituents is 1.